The van der Waals surface area contributed by atoms with Crippen molar-refractivity contribution < 1.29 is 19.1 Å². The number of carbonyl (C=O) groups excluding carboxylic acids is 3. The molecule has 2 aromatic carbocycles. The maximum absolute atomic E-state index is 12.1. The summed E-state index contributed by atoms with van der Waals surface area (Å²) in [7, 11) is 0. The van der Waals surface area contributed by atoms with Crippen LogP contribution in [0.25, 0.3) is 0 Å². The largest absolute Gasteiger partial charge is 0.466 e. The molecular weight excluding hydrogens is 426 g/mol. The normalized spacial score (nSPS) is 10.3. The first-order valence-corrected chi connectivity index (χ1v) is 11.0. The molecule has 2 amide bonds. The third-order valence-electron chi connectivity index (χ3n) is 4.33. The van der Waals surface area contributed by atoms with Gasteiger partial charge in [-0.1, -0.05) is 36.4 Å². The van der Waals surface area contributed by atoms with Crippen LogP contribution in [-0.2, 0) is 20.7 Å². The number of aryl methyl sites for hydroxylation is 1. The van der Waals surface area contributed by atoms with Gasteiger partial charge in [0.1, 0.15) is 0 Å². The molecule has 2 aromatic rings. The number of hydrogen-bond acceptors (Lipinski definition) is 5. The Labute approximate surface area is 193 Å². The second-order valence-electron chi connectivity index (χ2n) is 7.52. The van der Waals surface area contributed by atoms with Gasteiger partial charge in [0.25, 0.3) is 5.91 Å². The Morgan fingerprint density at radius 1 is 1.00 bits per heavy atom. The smallest absolute Gasteiger partial charge is 0.306 e. The van der Waals surface area contributed by atoms with Crippen molar-refractivity contribution in [3.8, 4) is 0 Å². The van der Waals surface area contributed by atoms with Gasteiger partial charge in [-0.05, 0) is 62.7 Å². The van der Waals surface area contributed by atoms with E-state index in [1.165, 1.54) is 5.56 Å². The van der Waals surface area contributed by atoms with Gasteiger partial charge in [0.05, 0.1) is 13.0 Å². The van der Waals surface area contributed by atoms with Crippen molar-refractivity contribution in [2.24, 2.45) is 0 Å². The van der Waals surface area contributed by atoms with E-state index in [-0.39, 0.29) is 29.9 Å². The third kappa shape index (κ3) is 9.70. The summed E-state index contributed by atoms with van der Waals surface area (Å²) in [6.45, 7) is 4.08. The lowest BCUT2D eigenvalue weighted by Crippen LogP contribution is -2.34. The maximum Gasteiger partial charge on any atom is 0.306 e. The van der Waals surface area contributed by atoms with Crippen molar-refractivity contribution in [1.29, 1.82) is 0 Å². The molecule has 0 heterocycles. The van der Waals surface area contributed by atoms with Crippen LogP contribution in [0.4, 0.5) is 5.69 Å². The highest BCUT2D eigenvalue weighted by molar-refractivity contribution is 7.80. The molecule has 8 heteroatoms. The fourth-order valence-corrected chi connectivity index (χ4v) is 3.06. The molecule has 0 unspecified atom stereocenters. The van der Waals surface area contributed by atoms with Crippen molar-refractivity contribution in [3.05, 3.63) is 65.7 Å². The number of carbonyl (C=O) groups is 3. The van der Waals surface area contributed by atoms with Crippen LogP contribution in [0, 0.1) is 0 Å². The first-order chi connectivity index (χ1) is 15.3. The van der Waals surface area contributed by atoms with Crippen LogP contribution in [0.2, 0.25) is 0 Å². The Balaban J connectivity index is 1.66. The molecule has 0 aliphatic rings. The van der Waals surface area contributed by atoms with E-state index in [1.807, 2.05) is 44.2 Å². The van der Waals surface area contributed by atoms with Gasteiger partial charge in [0, 0.05) is 23.7 Å². The van der Waals surface area contributed by atoms with Crippen molar-refractivity contribution in [2.75, 3.05) is 11.9 Å². The lowest BCUT2D eigenvalue weighted by atomic mass is 10.1. The van der Waals surface area contributed by atoms with E-state index >= 15 is 0 Å². The quantitative estimate of drug-likeness (QED) is 0.288. The minimum atomic E-state index is -0.420. The number of anilines is 1. The van der Waals surface area contributed by atoms with Gasteiger partial charge in [0.15, 0.2) is 5.11 Å². The number of nitrogens with one attached hydrogen (secondary N) is 3. The van der Waals surface area contributed by atoms with Crippen LogP contribution in [0.15, 0.2) is 54.6 Å². The molecule has 2 rings (SSSR count). The van der Waals surface area contributed by atoms with E-state index in [0.29, 0.717) is 17.9 Å². The van der Waals surface area contributed by atoms with Gasteiger partial charge in [-0.3, -0.25) is 14.4 Å². The lowest BCUT2D eigenvalue weighted by molar-refractivity contribution is -0.145. The van der Waals surface area contributed by atoms with Gasteiger partial charge in [-0.25, -0.2) is 0 Å². The van der Waals surface area contributed by atoms with Gasteiger partial charge >= 0.3 is 5.97 Å². The van der Waals surface area contributed by atoms with Gasteiger partial charge in [-0.2, -0.15) is 0 Å². The fraction of sp³-hybridized carbons (Fsp3) is 0.333. The first-order valence-electron chi connectivity index (χ1n) is 10.5. The third-order valence-corrected chi connectivity index (χ3v) is 4.53. The minimum absolute atomic E-state index is 0.0232. The maximum atomic E-state index is 12.1. The summed E-state index contributed by atoms with van der Waals surface area (Å²) in [5.74, 6) is -1.01. The van der Waals surface area contributed by atoms with Crippen LogP contribution in [0.1, 0.15) is 49.0 Å². The zero-order valence-electron chi connectivity index (χ0n) is 18.4. The summed E-state index contributed by atoms with van der Waals surface area (Å²) in [6, 6.07) is 16.8. The molecule has 0 atom stereocenters. The summed E-state index contributed by atoms with van der Waals surface area (Å²) < 4.78 is 5.17. The zero-order valence-corrected chi connectivity index (χ0v) is 19.2. The molecular formula is C24H29N3O4S. The summed E-state index contributed by atoms with van der Waals surface area (Å²) >= 11 is 5.14. The molecule has 0 radical (unpaired) electrons. The summed E-state index contributed by atoms with van der Waals surface area (Å²) in [5.41, 5.74) is 2.24. The van der Waals surface area contributed by atoms with Crippen LogP contribution in [0.5, 0.6) is 0 Å². The van der Waals surface area contributed by atoms with E-state index in [1.54, 1.807) is 24.3 Å². The number of thiocarbonyl (C=S) groups is 1. The van der Waals surface area contributed by atoms with Gasteiger partial charge in [-0.15, -0.1) is 0 Å². The number of esters is 1. The zero-order chi connectivity index (χ0) is 23.3. The molecule has 3 N–H and O–H groups in total. The molecule has 0 aromatic heterocycles. The van der Waals surface area contributed by atoms with E-state index < -0.39 is 11.9 Å². The van der Waals surface area contributed by atoms with Crippen LogP contribution < -0.4 is 16.0 Å². The van der Waals surface area contributed by atoms with Crippen LogP contribution in [-0.4, -0.2) is 35.5 Å². The molecule has 7 nitrogen and oxygen atoms in total. The highest BCUT2D eigenvalue weighted by Crippen LogP contribution is 2.11. The molecule has 0 fully saturated rings. The van der Waals surface area contributed by atoms with E-state index in [0.717, 1.165) is 12.8 Å². The Morgan fingerprint density at radius 2 is 1.75 bits per heavy atom. The predicted octanol–water partition coefficient (Wildman–Crippen LogP) is 3.59. The number of benzene rings is 2. The average molecular weight is 456 g/mol. The monoisotopic (exact) mass is 455 g/mol. The number of amides is 2. The SMILES string of the molecule is CC(C)NC(=O)c1cccc(NC(=S)NC(=O)CCC(=O)OCCCc2ccccc2)c1. The highest BCUT2D eigenvalue weighted by Gasteiger charge is 2.11. The molecule has 0 aliphatic carbocycles. The van der Waals surface area contributed by atoms with E-state index in [4.69, 9.17) is 17.0 Å². The Kier molecular flexibility index (Phi) is 10.3. The fourth-order valence-electron chi connectivity index (χ4n) is 2.83. The van der Waals surface area contributed by atoms with Crippen molar-refractivity contribution in [3.63, 3.8) is 0 Å². The summed E-state index contributed by atoms with van der Waals surface area (Å²) in [6.07, 6.45) is 1.50. The second-order valence-corrected chi connectivity index (χ2v) is 7.93. The molecule has 0 bridgehead atoms. The Morgan fingerprint density at radius 3 is 2.47 bits per heavy atom. The predicted molar refractivity (Wildman–Crippen MR) is 128 cm³/mol. The lowest BCUT2D eigenvalue weighted by Gasteiger charge is -2.12. The molecule has 0 saturated heterocycles. The van der Waals surface area contributed by atoms with Crippen LogP contribution >= 0.6 is 12.2 Å². The van der Waals surface area contributed by atoms with Crippen molar-refractivity contribution >= 4 is 40.8 Å². The number of hydrogen-bond donors (Lipinski definition) is 3. The molecule has 0 aliphatic heterocycles. The Hall–Kier alpha value is -3.26. The number of ether oxygens (including phenoxy) is 1. The number of rotatable bonds is 10. The Bertz CT molecular complexity index is 932. The van der Waals surface area contributed by atoms with Gasteiger partial charge in [0.2, 0.25) is 5.91 Å². The first kappa shape index (κ1) is 25.0. The second kappa shape index (κ2) is 13.2. The van der Waals surface area contributed by atoms with Crippen molar-refractivity contribution in [2.45, 2.75) is 45.6 Å². The summed E-state index contributed by atoms with van der Waals surface area (Å²) in [5, 5.41) is 8.30. The van der Waals surface area contributed by atoms with Crippen LogP contribution in [0.3, 0.4) is 0 Å². The molecule has 170 valence electrons. The highest BCUT2D eigenvalue weighted by atomic mass is 32.1. The molecule has 0 spiro atoms. The molecule has 32 heavy (non-hydrogen) atoms. The standard InChI is InChI=1S/C24H29N3O4S/c1-17(2)25-23(30)19-11-6-12-20(16-19)26-24(32)27-21(28)13-14-22(29)31-15-7-10-18-8-4-3-5-9-18/h3-6,8-9,11-12,16-17H,7,10,13-15H2,1-2H3,(H,25,30)(H2,26,27,28,32). The molecule has 0 saturated carbocycles. The average Bonchev–Trinajstić information content (AvgIpc) is 2.75. The summed E-state index contributed by atoms with van der Waals surface area (Å²) in [4.78, 5) is 36.0. The van der Waals surface area contributed by atoms with Crippen molar-refractivity contribution in [1.82, 2.24) is 10.6 Å². The van der Waals surface area contributed by atoms with E-state index in [9.17, 15) is 14.4 Å². The van der Waals surface area contributed by atoms with E-state index in [2.05, 4.69) is 16.0 Å². The van der Waals surface area contributed by atoms with Gasteiger partial charge < -0.3 is 20.7 Å². The minimum Gasteiger partial charge on any atom is -0.466 e. The topological polar surface area (TPSA) is 96.5 Å².